The molecule has 6 atom stereocenters. The zero-order valence-electron chi connectivity index (χ0n) is 20.6. The molecule has 6 rings (SSSR count). The van der Waals surface area contributed by atoms with Crippen LogP contribution in [-0.2, 0) is 36.3 Å². The number of alkyl halides is 4. The Balaban J connectivity index is 1.48. The molecule has 2 amide bonds. The Kier molecular flexibility index (Phi) is 5.51. The highest BCUT2D eigenvalue weighted by Crippen LogP contribution is 2.54. The number of nitrogens with one attached hydrogen (secondary N) is 1. The first-order chi connectivity index (χ1) is 18.2. The van der Waals surface area contributed by atoms with E-state index in [1.807, 2.05) is 0 Å². The number of nitrogens with zero attached hydrogens (tertiary/aromatic N) is 2. The Morgan fingerprint density at radius 3 is 2.56 bits per heavy atom. The summed E-state index contributed by atoms with van der Waals surface area (Å²) in [7, 11) is -4.45. The third kappa shape index (κ3) is 3.57. The third-order valence-electron chi connectivity index (χ3n) is 8.82. The van der Waals surface area contributed by atoms with E-state index in [-0.39, 0.29) is 59.6 Å². The number of piperidine rings is 1. The average molecular weight is 570 g/mol. The molecule has 0 radical (unpaired) electrons. The van der Waals surface area contributed by atoms with Crippen molar-refractivity contribution in [3.8, 4) is 0 Å². The van der Waals surface area contributed by atoms with Crippen LogP contribution in [0.2, 0.25) is 0 Å². The molecule has 3 fully saturated rings. The van der Waals surface area contributed by atoms with Crippen molar-refractivity contribution >= 4 is 21.7 Å². The highest BCUT2D eigenvalue weighted by molar-refractivity contribution is 7.92. The quantitative estimate of drug-likeness (QED) is 0.571. The summed E-state index contributed by atoms with van der Waals surface area (Å²) in [4.78, 5) is 30.5. The fourth-order valence-corrected chi connectivity index (χ4v) is 8.97. The van der Waals surface area contributed by atoms with E-state index in [0.717, 1.165) is 24.4 Å². The summed E-state index contributed by atoms with van der Waals surface area (Å²) in [6.07, 6.45) is -3.72. The number of likely N-dealkylation sites (tertiary alicyclic amines) is 1. The number of aryl methyl sites for hydroxylation is 1. The number of hydrogen-bond acceptors (Lipinski definition) is 5. The van der Waals surface area contributed by atoms with Crippen molar-refractivity contribution < 1.29 is 40.0 Å². The molecule has 39 heavy (non-hydrogen) atoms. The first kappa shape index (κ1) is 26.1. The van der Waals surface area contributed by atoms with Gasteiger partial charge in [-0.1, -0.05) is 6.07 Å². The van der Waals surface area contributed by atoms with Gasteiger partial charge in [-0.15, -0.1) is 0 Å². The smallest absolute Gasteiger partial charge is 0.344 e. The number of rotatable bonds is 4. The number of hydrogen-bond donors (Lipinski definition) is 1. The normalized spacial score (nSPS) is 31.1. The van der Waals surface area contributed by atoms with E-state index in [4.69, 9.17) is 0 Å². The maximum atomic E-state index is 14.8. The van der Waals surface area contributed by atoms with Crippen LogP contribution in [0.5, 0.6) is 0 Å². The Morgan fingerprint density at radius 2 is 1.95 bits per heavy atom. The molecule has 3 unspecified atom stereocenters. The zero-order valence-corrected chi connectivity index (χ0v) is 21.5. The van der Waals surface area contributed by atoms with Crippen molar-refractivity contribution in [1.29, 1.82) is 0 Å². The number of aromatic nitrogens is 1. The Bertz CT molecular complexity index is 1510. The largest absolute Gasteiger partial charge is 0.428 e. The van der Waals surface area contributed by atoms with Gasteiger partial charge in [0.1, 0.15) is 16.6 Å². The second-order valence-electron chi connectivity index (χ2n) is 10.9. The van der Waals surface area contributed by atoms with E-state index in [1.165, 1.54) is 17.0 Å². The van der Waals surface area contributed by atoms with Crippen molar-refractivity contribution in [3.63, 3.8) is 0 Å². The Hall–Kier alpha value is -3.09. The Labute approximate surface area is 220 Å². The predicted octanol–water partition coefficient (Wildman–Crippen LogP) is 3.32. The summed E-state index contributed by atoms with van der Waals surface area (Å²) in [6, 6.07) is 3.60. The lowest BCUT2D eigenvalue weighted by atomic mass is 9.78. The minimum Gasteiger partial charge on any atom is -0.344 e. The minimum atomic E-state index is -5.25. The lowest BCUT2D eigenvalue weighted by Crippen LogP contribution is -2.55. The molecule has 2 aliphatic carbocycles. The van der Waals surface area contributed by atoms with Crippen molar-refractivity contribution in [3.05, 3.63) is 59.2 Å². The number of carbonyl (C=O) groups is 2. The van der Waals surface area contributed by atoms with Crippen LogP contribution in [0, 0.1) is 17.7 Å². The first-order valence-corrected chi connectivity index (χ1v) is 14.0. The highest BCUT2D eigenvalue weighted by Gasteiger charge is 2.64. The standard InChI is InChI=1S/C26H24F5N3O4S/c1-24(28,26(29,30)31)19-9-13-5-6-20-25(18(13)12-32-19,39(37,38)15-4-2-3-14(27)10-15)7-8-34(20)23(36)21-16-11-17(16)22(35)33-21/h2-4,9-10,12,16-17,20-21H,5-8,11H2,1H3,(H,33,35)/t16-,17+,20?,21-,24?,25?/m0/s1. The molecule has 2 aromatic rings. The van der Waals surface area contributed by atoms with E-state index in [9.17, 15) is 40.0 Å². The van der Waals surface area contributed by atoms with Gasteiger partial charge in [0.05, 0.1) is 16.6 Å². The number of halogens is 5. The summed E-state index contributed by atoms with van der Waals surface area (Å²) in [5, 5.41) is 2.68. The van der Waals surface area contributed by atoms with E-state index in [1.54, 1.807) is 0 Å². The molecule has 3 heterocycles. The SMILES string of the molecule is CC(F)(c1cc2c(cn1)C1(S(=O)(=O)c3cccc(F)c3)CCN(C(=O)[C@H]3NC(=O)[C@@H]4C[C@H]34)C1CC2)C(F)(F)F. The van der Waals surface area contributed by atoms with Crippen LogP contribution in [0.1, 0.15) is 43.0 Å². The lowest BCUT2D eigenvalue weighted by molar-refractivity contribution is -0.230. The zero-order chi connectivity index (χ0) is 28.1. The van der Waals surface area contributed by atoms with Crippen LogP contribution in [0.25, 0.3) is 0 Å². The molecular weight excluding hydrogens is 545 g/mol. The topological polar surface area (TPSA) is 96.4 Å². The maximum absolute atomic E-state index is 14.8. The number of sulfone groups is 1. The molecule has 2 saturated heterocycles. The molecular formula is C26H24F5N3O4S. The molecule has 1 saturated carbocycles. The van der Waals surface area contributed by atoms with E-state index >= 15 is 0 Å². The molecule has 13 heteroatoms. The van der Waals surface area contributed by atoms with Crippen LogP contribution in [-0.4, -0.2) is 54.9 Å². The van der Waals surface area contributed by atoms with Gasteiger partial charge in [0.2, 0.25) is 17.5 Å². The summed E-state index contributed by atoms with van der Waals surface area (Å²) < 4.78 is 96.0. The van der Waals surface area contributed by atoms with Crippen molar-refractivity contribution in [1.82, 2.24) is 15.2 Å². The molecule has 4 aliphatic rings. The van der Waals surface area contributed by atoms with Gasteiger partial charge in [-0.2, -0.15) is 13.2 Å². The van der Waals surface area contributed by atoms with Gasteiger partial charge in [-0.05, 0) is 68.0 Å². The molecule has 0 bridgehead atoms. The number of pyridine rings is 1. The van der Waals surface area contributed by atoms with Gasteiger partial charge >= 0.3 is 6.18 Å². The van der Waals surface area contributed by atoms with Gasteiger partial charge in [0, 0.05) is 24.6 Å². The van der Waals surface area contributed by atoms with Crippen LogP contribution >= 0.6 is 0 Å². The van der Waals surface area contributed by atoms with Gasteiger partial charge in [0.25, 0.3) is 0 Å². The second-order valence-corrected chi connectivity index (χ2v) is 13.1. The van der Waals surface area contributed by atoms with Crippen molar-refractivity contribution in [2.24, 2.45) is 11.8 Å². The molecule has 7 nitrogen and oxygen atoms in total. The molecule has 1 aromatic heterocycles. The molecule has 1 aromatic carbocycles. The second kappa shape index (κ2) is 8.21. The van der Waals surface area contributed by atoms with Gasteiger partial charge in [0.15, 0.2) is 9.84 Å². The van der Waals surface area contributed by atoms with Gasteiger partial charge in [-0.25, -0.2) is 17.2 Å². The number of carbonyl (C=O) groups excluding carboxylic acids is 2. The van der Waals surface area contributed by atoms with Crippen LogP contribution in [0.15, 0.2) is 41.4 Å². The minimum absolute atomic E-state index is 0.00757. The molecule has 2 aliphatic heterocycles. The Morgan fingerprint density at radius 1 is 1.21 bits per heavy atom. The summed E-state index contributed by atoms with van der Waals surface area (Å²) in [5.41, 5.74) is -4.42. The monoisotopic (exact) mass is 569 g/mol. The summed E-state index contributed by atoms with van der Waals surface area (Å²) in [5.74, 6) is -1.84. The first-order valence-electron chi connectivity index (χ1n) is 12.6. The average Bonchev–Trinajstić information content (AvgIpc) is 3.46. The van der Waals surface area contributed by atoms with Gasteiger partial charge < -0.3 is 10.2 Å². The fraction of sp³-hybridized carbons (Fsp3) is 0.500. The van der Waals surface area contributed by atoms with Crippen molar-refractivity contribution in [2.45, 2.75) is 66.2 Å². The van der Waals surface area contributed by atoms with Crippen LogP contribution in [0.4, 0.5) is 22.0 Å². The highest BCUT2D eigenvalue weighted by atomic mass is 32.2. The van der Waals surface area contributed by atoms with E-state index in [0.29, 0.717) is 13.3 Å². The van der Waals surface area contributed by atoms with E-state index in [2.05, 4.69) is 10.3 Å². The van der Waals surface area contributed by atoms with E-state index < -0.39 is 55.9 Å². The summed E-state index contributed by atoms with van der Waals surface area (Å²) >= 11 is 0. The fourth-order valence-electron chi connectivity index (χ4n) is 6.58. The molecule has 1 N–H and O–H groups in total. The number of benzene rings is 1. The third-order valence-corrected chi connectivity index (χ3v) is 11.4. The molecule has 0 spiro atoms. The summed E-state index contributed by atoms with van der Waals surface area (Å²) in [6.45, 7) is 0.343. The molecule has 208 valence electrons. The number of amides is 2. The lowest BCUT2D eigenvalue weighted by Gasteiger charge is -2.43. The maximum Gasteiger partial charge on any atom is 0.428 e. The number of fused-ring (bicyclic) bond motifs is 4. The van der Waals surface area contributed by atoms with Crippen LogP contribution < -0.4 is 5.32 Å². The predicted molar refractivity (Wildman–Crippen MR) is 126 cm³/mol. The van der Waals surface area contributed by atoms with Crippen molar-refractivity contribution in [2.75, 3.05) is 6.54 Å². The van der Waals surface area contributed by atoms with Gasteiger partial charge in [-0.3, -0.25) is 14.6 Å². The van der Waals surface area contributed by atoms with Crippen LogP contribution in [0.3, 0.4) is 0 Å².